The molecule has 1 unspecified atom stereocenters. The zero-order chi connectivity index (χ0) is 13.4. The molecule has 0 saturated carbocycles. The van der Waals surface area contributed by atoms with Crippen molar-refractivity contribution in [1.82, 2.24) is 0 Å². The van der Waals surface area contributed by atoms with E-state index in [1.54, 1.807) is 0 Å². The first-order chi connectivity index (χ1) is 7.84. The van der Waals surface area contributed by atoms with E-state index in [0.29, 0.717) is 12.2 Å². The van der Waals surface area contributed by atoms with Gasteiger partial charge >= 0.3 is 11.9 Å². The molecule has 0 aromatic heterocycles. The largest absolute Gasteiger partial charge is 0.480 e. The molecule has 0 spiro atoms. The van der Waals surface area contributed by atoms with Crippen molar-refractivity contribution in [3.8, 4) is 0 Å². The van der Waals surface area contributed by atoms with Crippen LogP contribution in [-0.4, -0.2) is 45.7 Å². The van der Waals surface area contributed by atoms with Crippen LogP contribution in [0.1, 0.15) is 14.2 Å². The zero-order valence-corrected chi connectivity index (χ0v) is 10.2. The first kappa shape index (κ1) is 13.6. The molecule has 8 heteroatoms. The molecule has 0 aliphatic rings. The summed E-state index contributed by atoms with van der Waals surface area (Å²) in [4.78, 5) is 20.8. The number of hydrogen-bond donors (Lipinski definition) is 4. The summed E-state index contributed by atoms with van der Waals surface area (Å²) in [6.07, 6.45) is 0.364. The van der Waals surface area contributed by atoms with Crippen LogP contribution < -0.4 is 11.5 Å². The van der Waals surface area contributed by atoms with Gasteiger partial charge in [0.25, 0.3) is 0 Å². The molecule has 0 aliphatic carbocycles. The molecule has 0 saturated heterocycles. The maximum absolute atomic E-state index is 10.4. The summed E-state index contributed by atoms with van der Waals surface area (Å²) in [5.41, 5.74) is 9.91. The monoisotopic (exact) mass is 269 g/mol. The molecule has 0 radical (unpaired) electrons. The molecular weight excluding hydrogens is 252 g/mol. The second kappa shape index (κ2) is 8.68. The number of rotatable bonds is 9. The van der Waals surface area contributed by atoms with Crippen molar-refractivity contribution < 1.29 is 21.2 Å². The molecule has 0 amide bonds. The minimum Gasteiger partial charge on any atom is -0.480 e. The fourth-order valence-electron chi connectivity index (χ4n) is 0.639. The highest BCUT2D eigenvalue weighted by molar-refractivity contribution is 8.76. The van der Waals surface area contributed by atoms with E-state index in [0.717, 1.165) is 0 Å². The second-order valence-corrected chi connectivity index (χ2v) is 5.45. The molecule has 16 heavy (non-hydrogen) atoms. The van der Waals surface area contributed by atoms with E-state index in [2.05, 4.69) is 0 Å². The van der Waals surface area contributed by atoms with Gasteiger partial charge in [0.2, 0.25) is 0 Å². The summed E-state index contributed by atoms with van der Waals surface area (Å²) in [7, 11) is 2.47. The molecule has 0 aromatic carbocycles. The Labute approximate surface area is 103 Å². The summed E-state index contributed by atoms with van der Waals surface area (Å²) in [5, 5.41) is 17.0. The Morgan fingerprint density at radius 1 is 1.12 bits per heavy atom. The highest BCUT2D eigenvalue weighted by atomic mass is 33.1. The van der Waals surface area contributed by atoms with Crippen LogP contribution in [0.5, 0.6) is 0 Å². The third kappa shape index (κ3) is 7.80. The third-order valence-corrected chi connectivity index (χ3v) is 3.82. The number of carbonyl (C=O) groups is 2. The summed E-state index contributed by atoms with van der Waals surface area (Å²) < 4.78 is 7.52. The molecule has 0 aliphatic heterocycles. The topological polar surface area (TPSA) is 127 Å². The van der Waals surface area contributed by atoms with Gasteiger partial charge in [-0.15, -0.1) is 0 Å². The van der Waals surface area contributed by atoms with Gasteiger partial charge in [-0.25, -0.2) is 0 Å². The van der Waals surface area contributed by atoms with Crippen molar-refractivity contribution in [2.24, 2.45) is 11.5 Å². The van der Waals surface area contributed by atoms with Gasteiger partial charge in [0, 0.05) is 12.9 Å². The van der Waals surface area contributed by atoms with E-state index in [1.807, 2.05) is 0 Å². The molecule has 0 fully saturated rings. The Bertz CT molecular complexity index is 270. The lowest BCUT2D eigenvalue weighted by atomic mass is 10.2. The molecule has 0 bridgehead atoms. The fourth-order valence-corrected chi connectivity index (χ4v) is 2.57. The van der Waals surface area contributed by atoms with E-state index in [-0.39, 0.29) is 6.42 Å². The Morgan fingerprint density at radius 2 is 1.62 bits per heavy atom. The highest BCUT2D eigenvalue weighted by Gasteiger charge is 2.12. The Balaban J connectivity index is 3.61. The van der Waals surface area contributed by atoms with E-state index in [1.165, 1.54) is 21.6 Å². The summed E-state index contributed by atoms with van der Waals surface area (Å²) >= 11 is 0. The maximum atomic E-state index is 10.4. The van der Waals surface area contributed by atoms with Crippen molar-refractivity contribution in [2.75, 3.05) is 11.5 Å². The summed E-state index contributed by atoms with van der Waals surface area (Å²) in [5.74, 6) is -1.68. The number of carboxylic acids is 2. The number of carboxylic acid groups (broad SMARTS) is 2. The fraction of sp³-hybridized carbons (Fsp3) is 0.750. The van der Waals surface area contributed by atoms with Crippen LogP contribution in [0, 0.1) is 0 Å². The van der Waals surface area contributed by atoms with E-state index >= 15 is 0 Å². The van der Waals surface area contributed by atoms with Gasteiger partial charge in [-0.2, -0.15) is 0 Å². The molecule has 6 N–H and O–H groups in total. The van der Waals surface area contributed by atoms with Gasteiger partial charge in [0.15, 0.2) is 0 Å². The van der Waals surface area contributed by atoms with Gasteiger partial charge in [-0.1, -0.05) is 21.6 Å². The normalized spacial score (nSPS) is 17.2. The Hall–Kier alpha value is -0.440. The molecule has 94 valence electrons. The smallest absolute Gasteiger partial charge is 0.320 e. The standard InChI is InChI=1S/C8H16N2O4S2/c9-5(7(11)12)1-3-15-16-4-2-6(10)8(13)14/h5-6H,1-4,9-10H2,(H,11,12)(H,13,14)/t5-,6-/m0/s1/i3D/t3?,5-,6-. The lowest BCUT2D eigenvalue weighted by molar-refractivity contribution is -0.139. The summed E-state index contributed by atoms with van der Waals surface area (Å²) in [6, 6.07) is -1.93. The van der Waals surface area contributed by atoms with Crippen LogP contribution in [0.25, 0.3) is 0 Å². The number of hydrogen-bond acceptors (Lipinski definition) is 6. The SMILES string of the molecule is [2H]C(C[C@H](N)C(=O)O)SSCC[C@H](N)C(=O)O. The maximum Gasteiger partial charge on any atom is 0.320 e. The lowest BCUT2D eigenvalue weighted by Gasteiger charge is -2.06. The Kier molecular flexibility index (Phi) is 7.39. The van der Waals surface area contributed by atoms with E-state index in [4.69, 9.17) is 23.1 Å². The minimum atomic E-state index is -1.12. The molecule has 0 aromatic rings. The van der Waals surface area contributed by atoms with Crippen LogP contribution in [0.4, 0.5) is 0 Å². The van der Waals surface area contributed by atoms with Gasteiger partial charge in [-0.05, 0) is 12.8 Å². The predicted molar refractivity (Wildman–Crippen MR) is 65.4 cm³/mol. The Morgan fingerprint density at radius 3 is 2.12 bits per heavy atom. The van der Waals surface area contributed by atoms with Crippen molar-refractivity contribution in [1.29, 1.82) is 0 Å². The molecule has 0 heterocycles. The first-order valence-corrected chi connectivity index (χ1v) is 6.90. The van der Waals surface area contributed by atoms with Crippen molar-refractivity contribution in [3.63, 3.8) is 0 Å². The first-order valence-electron chi connectivity index (χ1n) is 5.09. The molecular formula is C8H16N2O4S2. The summed E-state index contributed by atoms with van der Waals surface area (Å²) in [6.45, 7) is 0. The minimum absolute atomic E-state index is 0.0536. The highest BCUT2D eigenvalue weighted by Crippen LogP contribution is 2.23. The van der Waals surface area contributed by atoms with E-state index < -0.39 is 29.8 Å². The zero-order valence-electron chi connectivity index (χ0n) is 9.54. The van der Waals surface area contributed by atoms with Crippen LogP contribution in [0.3, 0.4) is 0 Å². The van der Waals surface area contributed by atoms with Crippen molar-refractivity contribution in [2.45, 2.75) is 24.9 Å². The van der Waals surface area contributed by atoms with Crippen LogP contribution in [0.2, 0.25) is 0 Å². The molecule has 3 atom stereocenters. The van der Waals surface area contributed by atoms with Crippen LogP contribution in [0.15, 0.2) is 0 Å². The second-order valence-electron chi connectivity index (χ2n) is 3.00. The predicted octanol–water partition coefficient (Wildman–Crippen LogP) is -0.0282. The van der Waals surface area contributed by atoms with Gasteiger partial charge in [0.1, 0.15) is 12.1 Å². The number of nitrogens with two attached hydrogens (primary N) is 2. The van der Waals surface area contributed by atoms with Gasteiger partial charge < -0.3 is 21.7 Å². The van der Waals surface area contributed by atoms with E-state index in [9.17, 15) is 9.59 Å². The average Bonchev–Trinajstić information content (AvgIpc) is 2.23. The average molecular weight is 269 g/mol. The quantitative estimate of drug-likeness (QED) is 0.339. The van der Waals surface area contributed by atoms with Crippen molar-refractivity contribution in [3.05, 3.63) is 0 Å². The lowest BCUT2D eigenvalue weighted by Crippen LogP contribution is -2.30. The molecule has 0 rings (SSSR count). The van der Waals surface area contributed by atoms with Crippen molar-refractivity contribution >= 4 is 33.5 Å². The van der Waals surface area contributed by atoms with Crippen LogP contribution >= 0.6 is 21.6 Å². The van der Waals surface area contributed by atoms with Gasteiger partial charge in [-0.3, -0.25) is 9.59 Å². The number of aliphatic carboxylic acids is 2. The third-order valence-electron chi connectivity index (χ3n) is 1.63. The van der Waals surface area contributed by atoms with Gasteiger partial charge in [0.05, 0.1) is 0 Å². The molecule has 6 nitrogen and oxygen atoms in total. The van der Waals surface area contributed by atoms with Crippen LogP contribution in [-0.2, 0) is 9.59 Å².